The molecule has 18 heavy (non-hydrogen) atoms. The highest BCUT2D eigenvalue weighted by atomic mass is 35.5. The van der Waals surface area contributed by atoms with Gasteiger partial charge in [0.15, 0.2) is 0 Å². The van der Waals surface area contributed by atoms with Gasteiger partial charge in [0.25, 0.3) is 0 Å². The topological polar surface area (TPSA) is 59.2 Å². The standard InChI is InChI=1S/C12H12ClN3OS/c13-11-10-7(6-18-9(10)1-3-15-11)5-16-4-2-8(14)12(16)17/h1,3,6,8H,2,4-5,14H2/t8-/m0/s1. The summed E-state index contributed by atoms with van der Waals surface area (Å²) >= 11 is 7.74. The highest BCUT2D eigenvalue weighted by Gasteiger charge is 2.28. The van der Waals surface area contributed by atoms with Gasteiger partial charge in [-0.2, -0.15) is 0 Å². The Kier molecular flexibility index (Phi) is 2.97. The van der Waals surface area contributed by atoms with Crippen molar-refractivity contribution in [1.29, 1.82) is 0 Å². The molecule has 0 radical (unpaired) electrons. The zero-order chi connectivity index (χ0) is 12.7. The number of likely N-dealkylation sites (tertiary alicyclic amines) is 1. The van der Waals surface area contributed by atoms with Gasteiger partial charge in [0.1, 0.15) is 5.15 Å². The number of pyridine rings is 1. The molecule has 94 valence electrons. The molecule has 0 bridgehead atoms. The lowest BCUT2D eigenvalue weighted by Gasteiger charge is -2.15. The zero-order valence-corrected chi connectivity index (χ0v) is 11.2. The third-order valence-electron chi connectivity index (χ3n) is 3.22. The Morgan fingerprint density at radius 2 is 2.44 bits per heavy atom. The Morgan fingerprint density at radius 1 is 1.61 bits per heavy atom. The van der Waals surface area contributed by atoms with Crippen LogP contribution in [0.5, 0.6) is 0 Å². The van der Waals surface area contributed by atoms with Crippen molar-refractivity contribution >= 4 is 38.9 Å². The van der Waals surface area contributed by atoms with Crippen molar-refractivity contribution in [2.45, 2.75) is 19.0 Å². The van der Waals surface area contributed by atoms with Gasteiger partial charge in [-0.3, -0.25) is 4.79 Å². The van der Waals surface area contributed by atoms with Crippen molar-refractivity contribution in [2.24, 2.45) is 5.73 Å². The van der Waals surface area contributed by atoms with E-state index in [4.69, 9.17) is 17.3 Å². The number of halogens is 1. The molecule has 3 heterocycles. The summed E-state index contributed by atoms with van der Waals surface area (Å²) in [6, 6.07) is 1.59. The predicted molar refractivity (Wildman–Crippen MR) is 72.6 cm³/mol. The van der Waals surface area contributed by atoms with Crippen LogP contribution in [0.25, 0.3) is 10.1 Å². The van der Waals surface area contributed by atoms with E-state index < -0.39 is 0 Å². The number of amides is 1. The van der Waals surface area contributed by atoms with E-state index in [0.717, 1.165) is 28.6 Å². The monoisotopic (exact) mass is 281 g/mol. The van der Waals surface area contributed by atoms with Crippen molar-refractivity contribution in [3.63, 3.8) is 0 Å². The van der Waals surface area contributed by atoms with Crippen molar-refractivity contribution in [2.75, 3.05) is 6.54 Å². The maximum absolute atomic E-state index is 11.8. The van der Waals surface area contributed by atoms with Crippen LogP contribution in [0.15, 0.2) is 17.6 Å². The van der Waals surface area contributed by atoms with E-state index in [-0.39, 0.29) is 11.9 Å². The predicted octanol–water partition coefficient (Wildman–Crippen LogP) is 2.01. The molecule has 1 amide bonds. The fraction of sp³-hybridized carbons (Fsp3) is 0.333. The summed E-state index contributed by atoms with van der Waals surface area (Å²) in [5.41, 5.74) is 6.76. The first-order chi connectivity index (χ1) is 8.66. The minimum absolute atomic E-state index is 0.0226. The second-order valence-corrected chi connectivity index (χ2v) is 5.66. The third-order valence-corrected chi connectivity index (χ3v) is 4.50. The number of hydrogen-bond acceptors (Lipinski definition) is 4. The number of nitrogens with zero attached hydrogens (tertiary/aromatic N) is 2. The van der Waals surface area contributed by atoms with Crippen molar-refractivity contribution in [1.82, 2.24) is 9.88 Å². The first kappa shape index (κ1) is 11.9. The van der Waals surface area contributed by atoms with Crippen LogP contribution in [0.4, 0.5) is 0 Å². The smallest absolute Gasteiger partial charge is 0.239 e. The van der Waals surface area contributed by atoms with Gasteiger partial charge in [-0.15, -0.1) is 11.3 Å². The number of thiophene rings is 1. The quantitative estimate of drug-likeness (QED) is 0.857. The molecular weight excluding hydrogens is 270 g/mol. The van der Waals surface area contributed by atoms with Crippen LogP contribution in [0.3, 0.4) is 0 Å². The maximum atomic E-state index is 11.8. The first-order valence-corrected chi connectivity index (χ1v) is 6.97. The fourth-order valence-electron chi connectivity index (χ4n) is 2.24. The van der Waals surface area contributed by atoms with E-state index in [1.54, 1.807) is 22.4 Å². The normalized spacial score (nSPS) is 20.0. The summed E-state index contributed by atoms with van der Waals surface area (Å²) in [6.07, 6.45) is 2.43. The van der Waals surface area contributed by atoms with E-state index >= 15 is 0 Å². The number of fused-ring (bicyclic) bond motifs is 1. The molecule has 4 nitrogen and oxygen atoms in total. The second-order valence-electron chi connectivity index (χ2n) is 4.39. The maximum Gasteiger partial charge on any atom is 0.239 e. The van der Waals surface area contributed by atoms with Crippen LogP contribution >= 0.6 is 22.9 Å². The van der Waals surface area contributed by atoms with Crippen LogP contribution < -0.4 is 5.73 Å². The minimum Gasteiger partial charge on any atom is -0.337 e. The SMILES string of the molecule is N[C@H]1CCN(Cc2csc3ccnc(Cl)c23)C1=O. The van der Waals surface area contributed by atoms with Crippen molar-refractivity contribution in [3.05, 3.63) is 28.4 Å². The second kappa shape index (κ2) is 4.50. The molecule has 0 spiro atoms. The van der Waals surface area contributed by atoms with Gasteiger partial charge in [0.05, 0.1) is 6.04 Å². The van der Waals surface area contributed by atoms with Gasteiger partial charge >= 0.3 is 0 Å². The average Bonchev–Trinajstić information content (AvgIpc) is 2.90. The lowest BCUT2D eigenvalue weighted by molar-refractivity contribution is -0.129. The molecule has 2 N–H and O–H groups in total. The number of rotatable bonds is 2. The Labute approximate surface area is 113 Å². The molecule has 3 rings (SSSR count). The summed E-state index contributed by atoms with van der Waals surface area (Å²) in [6.45, 7) is 1.28. The molecule has 0 saturated carbocycles. The number of aromatic nitrogens is 1. The molecule has 0 unspecified atom stereocenters. The van der Waals surface area contributed by atoms with E-state index in [1.807, 2.05) is 11.4 Å². The van der Waals surface area contributed by atoms with Crippen LogP contribution in [0, 0.1) is 0 Å². The number of nitrogens with two attached hydrogens (primary N) is 1. The molecule has 1 fully saturated rings. The average molecular weight is 282 g/mol. The molecule has 6 heteroatoms. The molecule has 0 aromatic carbocycles. The number of carbonyl (C=O) groups is 1. The van der Waals surface area contributed by atoms with Gasteiger partial charge in [0, 0.05) is 29.4 Å². The molecular formula is C12H12ClN3OS. The van der Waals surface area contributed by atoms with Crippen LogP contribution in [0.2, 0.25) is 5.15 Å². The van der Waals surface area contributed by atoms with Crippen molar-refractivity contribution in [3.8, 4) is 0 Å². The van der Waals surface area contributed by atoms with Gasteiger partial charge in [-0.1, -0.05) is 11.6 Å². The molecule has 1 aliphatic rings. The summed E-state index contributed by atoms with van der Waals surface area (Å²) < 4.78 is 1.10. The summed E-state index contributed by atoms with van der Waals surface area (Å²) in [5, 5.41) is 3.49. The lowest BCUT2D eigenvalue weighted by atomic mass is 10.2. The third kappa shape index (κ3) is 1.88. The van der Waals surface area contributed by atoms with Crippen molar-refractivity contribution < 1.29 is 4.79 Å². The number of carbonyl (C=O) groups excluding carboxylic acids is 1. The van der Waals surface area contributed by atoms with Crippen LogP contribution in [-0.2, 0) is 11.3 Å². The van der Waals surface area contributed by atoms with Gasteiger partial charge in [0.2, 0.25) is 5.91 Å². The summed E-state index contributed by atoms with van der Waals surface area (Å²) in [7, 11) is 0. The molecule has 1 saturated heterocycles. The Hall–Kier alpha value is -1.17. The van der Waals surface area contributed by atoms with Crippen LogP contribution in [-0.4, -0.2) is 28.4 Å². The molecule has 1 atom stereocenters. The minimum atomic E-state index is -0.344. The molecule has 1 aliphatic heterocycles. The van der Waals surface area contributed by atoms with E-state index in [1.165, 1.54) is 0 Å². The molecule has 0 aliphatic carbocycles. The fourth-order valence-corrected chi connectivity index (χ4v) is 3.53. The highest BCUT2D eigenvalue weighted by molar-refractivity contribution is 7.17. The lowest BCUT2D eigenvalue weighted by Crippen LogP contribution is -2.33. The van der Waals surface area contributed by atoms with Gasteiger partial charge in [-0.05, 0) is 23.4 Å². The Morgan fingerprint density at radius 3 is 3.17 bits per heavy atom. The summed E-state index contributed by atoms with van der Waals surface area (Å²) in [5.74, 6) is 0.0226. The Bertz CT molecular complexity index is 612. The van der Waals surface area contributed by atoms with Gasteiger partial charge in [-0.25, -0.2) is 4.98 Å². The van der Waals surface area contributed by atoms with E-state index in [0.29, 0.717) is 11.7 Å². The van der Waals surface area contributed by atoms with E-state index in [2.05, 4.69) is 4.98 Å². The largest absolute Gasteiger partial charge is 0.337 e. The molecule has 2 aromatic rings. The number of hydrogen-bond donors (Lipinski definition) is 1. The molecule has 2 aromatic heterocycles. The van der Waals surface area contributed by atoms with Gasteiger partial charge < -0.3 is 10.6 Å². The first-order valence-electron chi connectivity index (χ1n) is 5.72. The highest BCUT2D eigenvalue weighted by Crippen LogP contribution is 2.31. The van der Waals surface area contributed by atoms with Crippen LogP contribution in [0.1, 0.15) is 12.0 Å². The van der Waals surface area contributed by atoms with E-state index in [9.17, 15) is 4.79 Å². The zero-order valence-electron chi connectivity index (χ0n) is 9.60. The Balaban J connectivity index is 1.94. The summed E-state index contributed by atoms with van der Waals surface area (Å²) in [4.78, 5) is 17.7.